The normalized spacial score (nSPS) is 23.2. The Morgan fingerprint density at radius 2 is 2.25 bits per heavy atom. The molecule has 0 atom stereocenters. The second kappa shape index (κ2) is 2.70. The minimum atomic E-state index is 0.832. The van der Waals surface area contributed by atoms with Crippen molar-refractivity contribution in [3.63, 3.8) is 0 Å². The molecule has 0 aliphatic carbocycles. The van der Waals surface area contributed by atoms with Crippen molar-refractivity contribution in [2.45, 2.75) is 6.42 Å². The Morgan fingerprint density at radius 3 is 2.62 bits per heavy atom. The molecule has 0 aromatic heterocycles. The van der Waals surface area contributed by atoms with Gasteiger partial charge in [0.15, 0.2) is 0 Å². The molecule has 1 saturated heterocycles. The van der Waals surface area contributed by atoms with Crippen LogP contribution in [-0.2, 0) is 0 Å². The second-order valence-corrected chi connectivity index (χ2v) is 2.94. The lowest BCUT2D eigenvalue weighted by Gasteiger charge is -2.35. The topological polar surface area (TPSA) is 3.24 Å². The van der Waals surface area contributed by atoms with E-state index in [0.717, 1.165) is 11.8 Å². The second-order valence-electron chi connectivity index (χ2n) is 2.56. The highest BCUT2D eigenvalue weighted by Crippen LogP contribution is 2.16. The molecule has 0 radical (unpaired) electrons. The summed E-state index contributed by atoms with van der Waals surface area (Å²) in [5.74, 6) is 1.73. The average molecular weight is 134 g/mol. The molecule has 1 aliphatic rings. The van der Waals surface area contributed by atoms with Crippen LogP contribution in [0.5, 0.6) is 0 Å². The molecule has 0 aromatic rings. The van der Waals surface area contributed by atoms with Crippen LogP contribution in [0.15, 0.2) is 0 Å². The zero-order chi connectivity index (χ0) is 5.98. The first-order valence-electron chi connectivity index (χ1n) is 3.07. The van der Waals surface area contributed by atoms with Crippen LogP contribution in [0.25, 0.3) is 0 Å². The predicted molar refractivity (Wildman–Crippen MR) is 36.3 cm³/mol. The number of rotatable bonds is 2. The monoisotopic (exact) mass is 133 g/mol. The first kappa shape index (κ1) is 6.37. The molecule has 1 heterocycles. The molecule has 0 bridgehead atoms. The molecule has 2 heteroatoms. The molecular weight excluding hydrogens is 122 g/mol. The quantitative estimate of drug-likeness (QED) is 0.512. The van der Waals surface area contributed by atoms with Gasteiger partial charge in [-0.15, -0.1) is 11.6 Å². The van der Waals surface area contributed by atoms with Crippen molar-refractivity contribution in [2.24, 2.45) is 5.92 Å². The van der Waals surface area contributed by atoms with Gasteiger partial charge in [-0.2, -0.15) is 0 Å². The zero-order valence-corrected chi connectivity index (χ0v) is 5.99. The summed E-state index contributed by atoms with van der Waals surface area (Å²) in [7, 11) is 2.14. The summed E-state index contributed by atoms with van der Waals surface area (Å²) in [6.45, 7) is 2.51. The van der Waals surface area contributed by atoms with Crippen LogP contribution < -0.4 is 0 Å². The Morgan fingerprint density at radius 1 is 1.62 bits per heavy atom. The van der Waals surface area contributed by atoms with E-state index in [-0.39, 0.29) is 0 Å². The molecule has 0 amide bonds. The van der Waals surface area contributed by atoms with Crippen molar-refractivity contribution < 1.29 is 0 Å². The molecule has 1 aliphatic heterocycles. The molecule has 1 nitrogen and oxygen atoms in total. The lowest BCUT2D eigenvalue weighted by atomic mass is 9.99. The van der Waals surface area contributed by atoms with Gasteiger partial charge in [0.1, 0.15) is 0 Å². The summed E-state index contributed by atoms with van der Waals surface area (Å²) in [4.78, 5) is 2.32. The van der Waals surface area contributed by atoms with Crippen LogP contribution in [0.1, 0.15) is 6.42 Å². The highest BCUT2D eigenvalue weighted by molar-refractivity contribution is 6.17. The summed E-state index contributed by atoms with van der Waals surface area (Å²) in [6, 6.07) is 0. The predicted octanol–water partition coefficient (Wildman–Crippen LogP) is 1.18. The lowest BCUT2D eigenvalue weighted by Crippen LogP contribution is -2.43. The maximum atomic E-state index is 5.54. The van der Waals surface area contributed by atoms with Crippen LogP contribution in [0.4, 0.5) is 0 Å². The largest absolute Gasteiger partial charge is 0.306 e. The van der Waals surface area contributed by atoms with E-state index in [0.29, 0.717) is 0 Å². The van der Waals surface area contributed by atoms with Gasteiger partial charge in [-0.1, -0.05) is 0 Å². The minimum absolute atomic E-state index is 0.832. The van der Waals surface area contributed by atoms with E-state index >= 15 is 0 Å². The first-order chi connectivity index (χ1) is 3.83. The van der Waals surface area contributed by atoms with Crippen molar-refractivity contribution in [1.29, 1.82) is 0 Å². The van der Waals surface area contributed by atoms with E-state index in [9.17, 15) is 0 Å². The summed E-state index contributed by atoms with van der Waals surface area (Å²) >= 11 is 5.54. The fourth-order valence-electron chi connectivity index (χ4n) is 1.16. The third-order valence-electron chi connectivity index (χ3n) is 1.66. The fourth-order valence-corrected chi connectivity index (χ4v) is 1.47. The van der Waals surface area contributed by atoms with Crippen molar-refractivity contribution in [3.8, 4) is 0 Å². The van der Waals surface area contributed by atoms with Crippen LogP contribution in [0.3, 0.4) is 0 Å². The van der Waals surface area contributed by atoms with Crippen LogP contribution in [0, 0.1) is 5.92 Å². The maximum absolute atomic E-state index is 5.54. The fraction of sp³-hybridized carbons (Fsp3) is 1.00. The van der Waals surface area contributed by atoms with E-state index in [1.165, 1.54) is 19.5 Å². The van der Waals surface area contributed by atoms with Crippen LogP contribution in [0.2, 0.25) is 0 Å². The molecule has 1 fully saturated rings. The Hall–Kier alpha value is 0.250. The number of hydrogen-bond donors (Lipinski definition) is 0. The van der Waals surface area contributed by atoms with E-state index < -0.39 is 0 Å². The number of likely N-dealkylation sites (tertiary alicyclic amines) is 1. The van der Waals surface area contributed by atoms with Gasteiger partial charge in [0.05, 0.1) is 0 Å². The van der Waals surface area contributed by atoms with Gasteiger partial charge in [-0.05, 0) is 19.4 Å². The smallest absolute Gasteiger partial charge is 0.0227 e. The van der Waals surface area contributed by atoms with Gasteiger partial charge < -0.3 is 4.90 Å². The van der Waals surface area contributed by atoms with Gasteiger partial charge >= 0.3 is 0 Å². The molecule has 48 valence electrons. The van der Waals surface area contributed by atoms with Crippen molar-refractivity contribution in [2.75, 3.05) is 26.0 Å². The van der Waals surface area contributed by atoms with Gasteiger partial charge in [-0.25, -0.2) is 0 Å². The Balaban J connectivity index is 1.98. The van der Waals surface area contributed by atoms with Crippen molar-refractivity contribution in [3.05, 3.63) is 0 Å². The van der Waals surface area contributed by atoms with E-state index in [2.05, 4.69) is 11.9 Å². The average Bonchev–Trinajstić information content (AvgIpc) is 1.64. The summed E-state index contributed by atoms with van der Waals surface area (Å²) in [6.07, 6.45) is 1.20. The molecule has 0 unspecified atom stereocenters. The molecule has 1 rings (SSSR count). The third kappa shape index (κ3) is 1.36. The molecular formula is C6H12ClN. The molecule has 0 spiro atoms. The van der Waals surface area contributed by atoms with Gasteiger partial charge in [0, 0.05) is 19.0 Å². The van der Waals surface area contributed by atoms with Crippen molar-refractivity contribution in [1.82, 2.24) is 4.90 Å². The van der Waals surface area contributed by atoms with Gasteiger partial charge in [0.25, 0.3) is 0 Å². The van der Waals surface area contributed by atoms with E-state index in [4.69, 9.17) is 11.6 Å². The Labute approximate surface area is 55.6 Å². The van der Waals surface area contributed by atoms with E-state index in [1.807, 2.05) is 0 Å². The van der Waals surface area contributed by atoms with Crippen LogP contribution >= 0.6 is 11.6 Å². The highest BCUT2D eigenvalue weighted by Gasteiger charge is 2.21. The van der Waals surface area contributed by atoms with E-state index in [1.54, 1.807) is 0 Å². The standard InChI is InChI=1S/C6H12ClN/c1-8-4-6(5-8)2-3-7/h6H,2-5H2,1H3. The van der Waals surface area contributed by atoms with Gasteiger partial charge in [-0.3, -0.25) is 0 Å². The maximum Gasteiger partial charge on any atom is 0.0227 e. The summed E-state index contributed by atoms with van der Waals surface area (Å²) in [5, 5.41) is 0. The molecule has 0 saturated carbocycles. The number of nitrogens with zero attached hydrogens (tertiary/aromatic N) is 1. The van der Waals surface area contributed by atoms with Crippen LogP contribution in [-0.4, -0.2) is 30.9 Å². The summed E-state index contributed by atoms with van der Waals surface area (Å²) in [5.41, 5.74) is 0. The van der Waals surface area contributed by atoms with Gasteiger partial charge in [0.2, 0.25) is 0 Å². The molecule has 8 heavy (non-hydrogen) atoms. The highest BCUT2D eigenvalue weighted by atomic mass is 35.5. The Kier molecular flexibility index (Phi) is 2.15. The number of alkyl halides is 1. The number of hydrogen-bond acceptors (Lipinski definition) is 1. The zero-order valence-electron chi connectivity index (χ0n) is 5.23. The lowest BCUT2D eigenvalue weighted by molar-refractivity contribution is 0.132. The van der Waals surface area contributed by atoms with Crippen molar-refractivity contribution >= 4 is 11.6 Å². The number of halogens is 1. The summed E-state index contributed by atoms with van der Waals surface area (Å²) < 4.78 is 0. The molecule has 0 N–H and O–H groups in total. The third-order valence-corrected chi connectivity index (χ3v) is 1.88. The first-order valence-corrected chi connectivity index (χ1v) is 3.61. The SMILES string of the molecule is CN1CC(CCCl)C1. The molecule has 0 aromatic carbocycles. The Bertz CT molecular complexity index is 66.2. The minimum Gasteiger partial charge on any atom is -0.306 e.